The molecular weight excluding hydrogens is 286 g/mol. The zero-order chi connectivity index (χ0) is 16.2. The van der Waals surface area contributed by atoms with E-state index < -0.39 is 5.60 Å². The molecule has 0 saturated carbocycles. The Bertz CT molecular complexity index is 768. The summed E-state index contributed by atoms with van der Waals surface area (Å²) in [7, 11) is 4.49. The maximum atomic E-state index is 11.7. The fourth-order valence-corrected chi connectivity index (χ4v) is 4.17. The molecule has 0 unspecified atom stereocenters. The van der Waals surface area contributed by atoms with Crippen LogP contribution in [0.25, 0.3) is 0 Å². The van der Waals surface area contributed by atoms with E-state index in [1.165, 1.54) is 0 Å². The Hall–Kier alpha value is -1.84. The number of nitrogens with zero attached hydrogens (tertiary/aromatic N) is 1. The molecule has 0 aliphatic carbocycles. The Morgan fingerprint density at radius 1 is 1.13 bits per heavy atom. The second-order valence-electron chi connectivity index (χ2n) is 7.66. The van der Waals surface area contributed by atoms with Crippen molar-refractivity contribution in [1.82, 2.24) is 0 Å². The van der Waals surface area contributed by atoms with Crippen LogP contribution < -0.4 is 4.74 Å². The average molecular weight is 310 g/mol. The molecule has 23 heavy (non-hydrogen) atoms. The van der Waals surface area contributed by atoms with Crippen molar-refractivity contribution in [2.75, 3.05) is 27.2 Å². The van der Waals surface area contributed by atoms with Crippen molar-refractivity contribution in [3.63, 3.8) is 0 Å². The third-order valence-corrected chi connectivity index (χ3v) is 5.53. The number of ether oxygens (including phenoxy) is 1. The van der Waals surface area contributed by atoms with Gasteiger partial charge in [0.25, 0.3) is 0 Å². The molecule has 0 spiro atoms. The molecule has 2 atom stereocenters. The molecule has 0 radical (unpaired) electrons. The maximum Gasteiger partial charge on any atom is 0.134 e. The first-order valence-corrected chi connectivity index (χ1v) is 8.32. The summed E-state index contributed by atoms with van der Waals surface area (Å²) < 4.78 is 7.21. The molecule has 4 rings (SSSR count). The van der Waals surface area contributed by atoms with Gasteiger partial charge in [0.2, 0.25) is 0 Å². The van der Waals surface area contributed by atoms with E-state index in [4.69, 9.17) is 4.74 Å². The van der Waals surface area contributed by atoms with Gasteiger partial charge in [-0.3, -0.25) is 0 Å². The second kappa shape index (κ2) is 4.83. The van der Waals surface area contributed by atoms with Gasteiger partial charge in [-0.2, -0.15) is 0 Å². The first-order valence-electron chi connectivity index (χ1n) is 8.32. The maximum absolute atomic E-state index is 11.7. The summed E-state index contributed by atoms with van der Waals surface area (Å²) in [5.41, 5.74) is 2.33. The zero-order valence-electron chi connectivity index (χ0n) is 14.0. The minimum Gasteiger partial charge on any atom is -0.456 e. The SMILES string of the molecule is Cc1cccc2c1Oc1ccccc1[C@@]1(O)CC[N+](C)(C)C[C@@H]21. The van der Waals surface area contributed by atoms with Gasteiger partial charge >= 0.3 is 0 Å². The van der Waals surface area contributed by atoms with Gasteiger partial charge in [-0.1, -0.05) is 36.4 Å². The van der Waals surface area contributed by atoms with Crippen LogP contribution in [0, 0.1) is 6.92 Å². The molecule has 2 aromatic carbocycles. The third kappa shape index (κ3) is 2.19. The number of likely N-dealkylation sites (N-methyl/N-ethyl adjacent to an activating group) is 1. The number of piperidine rings is 1. The minimum atomic E-state index is -0.858. The van der Waals surface area contributed by atoms with Gasteiger partial charge in [0.05, 0.1) is 33.1 Å². The first-order chi connectivity index (χ1) is 10.9. The number of aryl methyl sites for hydroxylation is 1. The quantitative estimate of drug-likeness (QED) is 0.754. The second-order valence-corrected chi connectivity index (χ2v) is 7.66. The van der Waals surface area contributed by atoms with Gasteiger partial charge in [0.15, 0.2) is 0 Å². The van der Waals surface area contributed by atoms with Crippen molar-refractivity contribution in [3.05, 3.63) is 59.2 Å². The minimum absolute atomic E-state index is 0.0461. The molecule has 1 fully saturated rings. The van der Waals surface area contributed by atoms with Crippen LogP contribution in [0.1, 0.15) is 29.0 Å². The lowest BCUT2D eigenvalue weighted by Gasteiger charge is -2.47. The number of benzene rings is 2. The topological polar surface area (TPSA) is 29.5 Å². The highest BCUT2D eigenvalue weighted by Crippen LogP contribution is 2.53. The lowest BCUT2D eigenvalue weighted by molar-refractivity contribution is -0.899. The number of aliphatic hydroxyl groups is 1. The van der Waals surface area contributed by atoms with Crippen LogP contribution in [0.4, 0.5) is 0 Å². The zero-order valence-corrected chi connectivity index (χ0v) is 14.0. The highest BCUT2D eigenvalue weighted by molar-refractivity contribution is 5.53. The third-order valence-electron chi connectivity index (χ3n) is 5.53. The predicted molar refractivity (Wildman–Crippen MR) is 90.8 cm³/mol. The molecule has 0 aromatic heterocycles. The lowest BCUT2D eigenvalue weighted by atomic mass is 9.72. The standard InChI is InChI=1S/C20H24NO2/c1-14-7-6-8-15-17-13-21(2,3)12-11-20(17,22)16-9-4-5-10-18(16)23-19(14)15/h4-10,17,22H,11-13H2,1-3H3/q+1/t17-,20-/m0/s1. The van der Waals surface area contributed by atoms with Crippen LogP contribution in [0.15, 0.2) is 42.5 Å². The van der Waals surface area contributed by atoms with Gasteiger partial charge in [-0.05, 0) is 18.6 Å². The van der Waals surface area contributed by atoms with Gasteiger partial charge in [-0.25, -0.2) is 0 Å². The van der Waals surface area contributed by atoms with Crippen molar-refractivity contribution < 1.29 is 14.3 Å². The summed E-state index contributed by atoms with van der Waals surface area (Å²) in [6.45, 7) is 3.95. The normalized spacial score (nSPS) is 27.9. The molecular formula is C20H24NO2+. The molecule has 2 aromatic rings. The Morgan fingerprint density at radius 3 is 2.74 bits per heavy atom. The molecule has 2 aliphatic heterocycles. The summed E-state index contributed by atoms with van der Waals surface area (Å²) in [4.78, 5) is 0. The highest BCUT2D eigenvalue weighted by atomic mass is 16.5. The monoisotopic (exact) mass is 310 g/mol. The van der Waals surface area contributed by atoms with Crippen molar-refractivity contribution in [2.24, 2.45) is 0 Å². The number of hydrogen-bond acceptors (Lipinski definition) is 2. The molecule has 120 valence electrons. The number of hydrogen-bond donors (Lipinski definition) is 1. The Kier molecular flexibility index (Phi) is 3.09. The summed E-state index contributed by atoms with van der Waals surface area (Å²) in [6.07, 6.45) is 0.748. The number of likely N-dealkylation sites (tertiary alicyclic amines) is 1. The van der Waals surface area contributed by atoms with Crippen molar-refractivity contribution in [2.45, 2.75) is 24.9 Å². The van der Waals surface area contributed by atoms with E-state index in [0.29, 0.717) is 0 Å². The number of quaternary nitrogens is 1. The molecule has 2 aliphatic rings. The van der Waals surface area contributed by atoms with Gasteiger partial charge in [-0.15, -0.1) is 0 Å². The van der Waals surface area contributed by atoms with E-state index in [1.54, 1.807) is 0 Å². The summed E-state index contributed by atoms with van der Waals surface area (Å²) in [5.74, 6) is 1.76. The van der Waals surface area contributed by atoms with Gasteiger partial charge < -0.3 is 14.3 Å². The Balaban J connectivity index is 1.99. The predicted octanol–water partition coefficient (Wildman–Crippen LogP) is 3.55. The fourth-order valence-electron chi connectivity index (χ4n) is 4.17. The molecule has 0 amide bonds. The van der Waals surface area contributed by atoms with E-state index in [1.807, 2.05) is 24.3 Å². The van der Waals surface area contributed by atoms with Gasteiger partial charge in [0.1, 0.15) is 17.1 Å². The molecule has 2 heterocycles. The van der Waals surface area contributed by atoms with Crippen LogP contribution in [0.2, 0.25) is 0 Å². The van der Waals surface area contributed by atoms with E-state index in [-0.39, 0.29) is 5.92 Å². The molecule has 1 saturated heterocycles. The Morgan fingerprint density at radius 2 is 1.91 bits per heavy atom. The van der Waals surface area contributed by atoms with Crippen LogP contribution in [0.5, 0.6) is 11.5 Å². The van der Waals surface area contributed by atoms with Gasteiger partial charge in [0, 0.05) is 17.5 Å². The van der Waals surface area contributed by atoms with E-state index in [9.17, 15) is 5.11 Å². The van der Waals surface area contributed by atoms with E-state index in [0.717, 1.165) is 52.2 Å². The van der Waals surface area contributed by atoms with E-state index >= 15 is 0 Å². The van der Waals surface area contributed by atoms with Crippen molar-refractivity contribution in [1.29, 1.82) is 0 Å². The first kappa shape index (κ1) is 14.7. The molecule has 3 heteroatoms. The van der Waals surface area contributed by atoms with Crippen molar-refractivity contribution in [3.8, 4) is 11.5 Å². The molecule has 1 N–H and O–H groups in total. The van der Waals surface area contributed by atoms with Crippen LogP contribution in [-0.4, -0.2) is 36.8 Å². The smallest absolute Gasteiger partial charge is 0.134 e. The van der Waals surface area contributed by atoms with Crippen LogP contribution >= 0.6 is 0 Å². The number of rotatable bonds is 0. The Labute approximate surface area is 137 Å². The molecule has 3 nitrogen and oxygen atoms in total. The lowest BCUT2D eigenvalue weighted by Crippen LogP contribution is -2.55. The number of fused-ring (bicyclic) bond motifs is 5. The summed E-state index contributed by atoms with van der Waals surface area (Å²) in [5, 5.41) is 11.7. The largest absolute Gasteiger partial charge is 0.456 e. The molecule has 0 bridgehead atoms. The fraction of sp³-hybridized carbons (Fsp3) is 0.400. The van der Waals surface area contributed by atoms with Crippen molar-refractivity contribution >= 4 is 0 Å². The van der Waals surface area contributed by atoms with E-state index in [2.05, 4.69) is 39.2 Å². The average Bonchev–Trinajstić information content (AvgIpc) is 2.62. The summed E-state index contributed by atoms with van der Waals surface area (Å²) >= 11 is 0. The van der Waals surface area contributed by atoms with Crippen LogP contribution in [0.3, 0.4) is 0 Å². The summed E-state index contributed by atoms with van der Waals surface area (Å²) in [6, 6.07) is 14.2. The number of para-hydroxylation sites is 2. The van der Waals surface area contributed by atoms with Crippen LogP contribution in [-0.2, 0) is 5.60 Å². The highest BCUT2D eigenvalue weighted by Gasteiger charge is 2.51.